The van der Waals surface area contributed by atoms with Crippen LogP contribution in [-0.4, -0.2) is 91.3 Å². The van der Waals surface area contributed by atoms with Crippen molar-refractivity contribution in [2.75, 3.05) is 57.5 Å². The van der Waals surface area contributed by atoms with Crippen molar-refractivity contribution in [1.82, 2.24) is 15.5 Å². The lowest BCUT2D eigenvalue weighted by molar-refractivity contribution is -0.0177. The van der Waals surface area contributed by atoms with Gasteiger partial charge in [-0.15, -0.1) is 0 Å². The van der Waals surface area contributed by atoms with E-state index in [4.69, 9.17) is 19.7 Å². The van der Waals surface area contributed by atoms with Crippen LogP contribution >= 0.6 is 0 Å². The first-order chi connectivity index (χ1) is 23.3. The summed E-state index contributed by atoms with van der Waals surface area (Å²) >= 11 is 0. The van der Waals surface area contributed by atoms with Crippen molar-refractivity contribution in [3.05, 3.63) is 83.2 Å². The van der Waals surface area contributed by atoms with Crippen LogP contribution in [0.5, 0.6) is 5.75 Å². The molecule has 1 aliphatic carbocycles. The van der Waals surface area contributed by atoms with E-state index in [1.54, 1.807) is 29.2 Å². The number of likely N-dealkylation sites (tertiary alicyclic amines) is 1. The molecule has 1 saturated carbocycles. The van der Waals surface area contributed by atoms with E-state index in [2.05, 4.69) is 27.7 Å². The predicted molar refractivity (Wildman–Crippen MR) is 181 cm³/mol. The number of rotatable bonds is 14. The number of nitrogens with one attached hydrogen (secondary N) is 2. The third kappa shape index (κ3) is 7.81. The van der Waals surface area contributed by atoms with E-state index < -0.39 is 6.10 Å². The molecule has 0 atom stereocenters. The molecule has 0 unspecified atom stereocenters. The maximum atomic E-state index is 13.7. The molecule has 256 valence electrons. The second-order valence-electron chi connectivity index (χ2n) is 13.0. The smallest absolute Gasteiger partial charge is 0.322 e. The number of nitrogens with zero attached hydrogens (tertiary/aromatic N) is 2. The lowest BCUT2D eigenvalue weighted by atomic mass is 9.87. The Labute approximate surface area is 280 Å². The molecule has 2 heterocycles. The SMILES string of the molecule is CCOc1cc(-c2ccc(F)cc2)c(C2CC2)cc1CN1CCC2(CC1)CN(c1ccc(C(=O)NCCOC(CO)CO)cc1)C(=O)N2. The molecule has 48 heavy (non-hydrogen) atoms. The number of amides is 3. The fourth-order valence-corrected chi connectivity index (χ4v) is 6.70. The van der Waals surface area contributed by atoms with Crippen molar-refractivity contribution >= 4 is 17.6 Å². The summed E-state index contributed by atoms with van der Waals surface area (Å²) in [5.74, 6) is 0.869. The monoisotopic (exact) mass is 660 g/mol. The Morgan fingerprint density at radius 1 is 1.06 bits per heavy atom. The third-order valence-electron chi connectivity index (χ3n) is 9.58. The van der Waals surface area contributed by atoms with E-state index in [0.717, 1.165) is 73.4 Å². The van der Waals surface area contributed by atoms with Gasteiger partial charge in [0.05, 0.1) is 38.5 Å². The minimum absolute atomic E-state index is 0.135. The van der Waals surface area contributed by atoms with Crippen molar-refractivity contribution < 1.29 is 33.7 Å². The second-order valence-corrected chi connectivity index (χ2v) is 13.0. The number of aliphatic hydroxyl groups is 2. The van der Waals surface area contributed by atoms with Crippen molar-refractivity contribution in [2.24, 2.45) is 0 Å². The molecular weight excluding hydrogens is 615 g/mol. The number of carbonyl (C=O) groups excluding carboxylic acids is 2. The minimum atomic E-state index is -0.663. The Morgan fingerprint density at radius 2 is 1.77 bits per heavy atom. The molecule has 3 aromatic rings. The zero-order chi connectivity index (χ0) is 33.7. The molecule has 2 saturated heterocycles. The molecule has 1 spiro atoms. The highest BCUT2D eigenvalue weighted by molar-refractivity contribution is 5.97. The number of aliphatic hydroxyl groups excluding tert-OH is 2. The maximum absolute atomic E-state index is 13.7. The molecular formula is C37H45FN4O6. The van der Waals surface area contributed by atoms with Gasteiger partial charge in [0.25, 0.3) is 5.91 Å². The summed E-state index contributed by atoms with van der Waals surface area (Å²) in [7, 11) is 0. The molecule has 4 N–H and O–H groups in total. The summed E-state index contributed by atoms with van der Waals surface area (Å²) < 4.78 is 25.1. The van der Waals surface area contributed by atoms with Crippen LogP contribution in [0.1, 0.15) is 60.0 Å². The molecule has 3 fully saturated rings. The van der Waals surface area contributed by atoms with Gasteiger partial charge in [0, 0.05) is 43.0 Å². The molecule has 0 radical (unpaired) electrons. The van der Waals surface area contributed by atoms with E-state index in [1.165, 1.54) is 17.7 Å². The highest BCUT2D eigenvalue weighted by Gasteiger charge is 2.45. The van der Waals surface area contributed by atoms with Crippen LogP contribution < -0.4 is 20.3 Å². The maximum Gasteiger partial charge on any atom is 0.322 e. The Morgan fingerprint density at radius 3 is 2.42 bits per heavy atom. The number of hydrogen-bond acceptors (Lipinski definition) is 7. The largest absolute Gasteiger partial charge is 0.494 e. The lowest BCUT2D eigenvalue weighted by Gasteiger charge is -2.39. The Bertz CT molecular complexity index is 1570. The summed E-state index contributed by atoms with van der Waals surface area (Å²) in [5.41, 5.74) is 5.46. The zero-order valence-corrected chi connectivity index (χ0v) is 27.4. The van der Waals surface area contributed by atoms with E-state index >= 15 is 0 Å². The van der Waals surface area contributed by atoms with Gasteiger partial charge in [-0.3, -0.25) is 14.6 Å². The van der Waals surface area contributed by atoms with Gasteiger partial charge in [0.2, 0.25) is 0 Å². The molecule has 0 bridgehead atoms. The molecule has 11 heteroatoms. The number of hydrogen-bond donors (Lipinski definition) is 4. The van der Waals surface area contributed by atoms with Gasteiger partial charge in [-0.25, -0.2) is 9.18 Å². The Hall–Kier alpha value is -4.03. The predicted octanol–water partition coefficient (Wildman–Crippen LogP) is 4.43. The molecule has 10 nitrogen and oxygen atoms in total. The van der Waals surface area contributed by atoms with Crippen LogP contribution in [0, 0.1) is 5.82 Å². The zero-order valence-electron chi connectivity index (χ0n) is 27.4. The first-order valence-corrected chi connectivity index (χ1v) is 16.9. The highest BCUT2D eigenvalue weighted by Crippen LogP contribution is 2.47. The van der Waals surface area contributed by atoms with Gasteiger partial charge >= 0.3 is 6.03 Å². The molecule has 6 rings (SSSR count). The number of piperidine rings is 1. The summed E-state index contributed by atoms with van der Waals surface area (Å²) in [6, 6.07) is 18.0. The fourth-order valence-electron chi connectivity index (χ4n) is 6.70. The van der Waals surface area contributed by atoms with Crippen molar-refractivity contribution in [2.45, 2.75) is 56.7 Å². The van der Waals surface area contributed by atoms with Crippen molar-refractivity contribution in [1.29, 1.82) is 0 Å². The Kier molecular flexibility index (Phi) is 10.6. The molecule has 0 aromatic heterocycles. The standard InChI is InChI=1S/C37H45FN4O6/c1-2-47-34-20-33(26-5-9-29(38)10-6-26)32(25-3-4-25)19-28(34)21-41-16-13-37(14-17-41)24-42(36(46)40-37)30-11-7-27(8-12-30)35(45)39-15-18-48-31(22-43)23-44/h5-12,19-20,25,31,43-44H,2-4,13-18,21-24H2,1H3,(H,39,45)(H,40,46). The minimum Gasteiger partial charge on any atom is -0.494 e. The van der Waals surface area contributed by atoms with Gasteiger partial charge in [-0.2, -0.15) is 0 Å². The van der Waals surface area contributed by atoms with E-state index in [9.17, 15) is 14.0 Å². The quantitative estimate of drug-likeness (QED) is 0.189. The topological polar surface area (TPSA) is 124 Å². The van der Waals surface area contributed by atoms with Crippen molar-refractivity contribution in [3.63, 3.8) is 0 Å². The average Bonchev–Trinajstić information content (AvgIpc) is 3.90. The Balaban J connectivity index is 1.06. The highest BCUT2D eigenvalue weighted by atomic mass is 19.1. The first kappa shape index (κ1) is 33.9. The van der Waals surface area contributed by atoms with Gasteiger partial charge < -0.3 is 30.3 Å². The molecule has 3 aliphatic rings. The van der Waals surface area contributed by atoms with Crippen LogP contribution in [0.15, 0.2) is 60.7 Å². The van der Waals surface area contributed by atoms with Crippen LogP contribution in [0.4, 0.5) is 14.9 Å². The van der Waals surface area contributed by atoms with Crippen LogP contribution in [0.25, 0.3) is 11.1 Å². The number of ether oxygens (including phenoxy) is 2. The third-order valence-corrected chi connectivity index (χ3v) is 9.58. The van der Waals surface area contributed by atoms with Gasteiger partial charge in [-0.05, 0) is 104 Å². The van der Waals surface area contributed by atoms with E-state index in [0.29, 0.717) is 24.6 Å². The number of halogens is 1. The van der Waals surface area contributed by atoms with Gasteiger partial charge in [0.1, 0.15) is 17.7 Å². The number of anilines is 1. The summed E-state index contributed by atoms with van der Waals surface area (Å²) in [5, 5.41) is 24.2. The number of urea groups is 1. The summed E-state index contributed by atoms with van der Waals surface area (Å²) in [6.45, 7) is 5.35. The summed E-state index contributed by atoms with van der Waals surface area (Å²) in [6.07, 6.45) is 3.29. The van der Waals surface area contributed by atoms with Gasteiger partial charge in [-0.1, -0.05) is 12.1 Å². The average molecular weight is 661 g/mol. The normalized spacial score (nSPS) is 17.6. The second kappa shape index (κ2) is 15.0. The van der Waals surface area contributed by atoms with E-state index in [1.807, 2.05) is 19.1 Å². The summed E-state index contributed by atoms with van der Waals surface area (Å²) in [4.78, 5) is 29.9. The molecule has 3 aromatic carbocycles. The number of carbonyl (C=O) groups is 2. The molecule has 3 amide bonds. The van der Waals surface area contributed by atoms with Crippen LogP contribution in [-0.2, 0) is 11.3 Å². The van der Waals surface area contributed by atoms with Crippen molar-refractivity contribution in [3.8, 4) is 16.9 Å². The van der Waals surface area contributed by atoms with Crippen LogP contribution in [0.3, 0.4) is 0 Å². The van der Waals surface area contributed by atoms with E-state index in [-0.39, 0.29) is 49.7 Å². The lowest BCUT2D eigenvalue weighted by Crippen LogP contribution is -2.52. The first-order valence-electron chi connectivity index (χ1n) is 16.9. The molecule has 2 aliphatic heterocycles. The number of benzene rings is 3. The fraction of sp³-hybridized carbons (Fsp3) is 0.459. The van der Waals surface area contributed by atoms with Gasteiger partial charge in [0.15, 0.2) is 0 Å². The van der Waals surface area contributed by atoms with Crippen LogP contribution in [0.2, 0.25) is 0 Å².